The zero-order chi connectivity index (χ0) is 36.0. The first-order valence-electron chi connectivity index (χ1n) is 13.8. The quantitative estimate of drug-likeness (QED) is 0.154. The third-order valence-corrected chi connectivity index (χ3v) is 0. The van der Waals surface area contributed by atoms with Crippen LogP contribution in [-0.4, -0.2) is 120 Å². The van der Waals surface area contributed by atoms with Crippen molar-refractivity contribution in [2.45, 2.75) is 211 Å². The van der Waals surface area contributed by atoms with E-state index in [2.05, 4.69) is 0 Å². The Balaban J connectivity index is -0.0000000299. The second kappa shape index (κ2) is 31.8. The van der Waals surface area contributed by atoms with Gasteiger partial charge in [-0.15, -0.1) is 0 Å². The summed E-state index contributed by atoms with van der Waals surface area (Å²) < 4.78 is 0. The van der Waals surface area contributed by atoms with Gasteiger partial charge in [-0.05, 0) is 166 Å². The summed E-state index contributed by atoms with van der Waals surface area (Å²) >= 11 is 0. The molecule has 7 radical (unpaired) electrons. The number of rotatable bonds is 0. The minimum absolute atomic E-state index is 0. The molecule has 0 aromatic carbocycles. The zero-order valence-corrected chi connectivity index (χ0v) is 36.4. The summed E-state index contributed by atoms with van der Waals surface area (Å²) in [7, 11) is 0. The van der Waals surface area contributed by atoms with E-state index in [1.165, 1.54) is 0 Å². The number of aliphatic hydroxyl groups is 8. The molecule has 0 bridgehead atoms. The molecule has 0 saturated heterocycles. The first-order chi connectivity index (χ1) is 16.0. The van der Waals surface area contributed by atoms with Crippen LogP contribution in [0.25, 0.3) is 0 Å². The Morgan fingerprint density at radius 2 is 0.186 bits per heavy atom. The van der Waals surface area contributed by atoms with E-state index in [0.29, 0.717) is 0 Å². The molecular formula is C32H80Al2CoO8. The Kier molecular flexibility index (Phi) is 55.4. The molecule has 0 saturated carbocycles. The molecule has 0 unspecified atom stereocenters. The van der Waals surface area contributed by atoms with Gasteiger partial charge in [0.05, 0.1) is 44.8 Å². The van der Waals surface area contributed by atoms with Crippen molar-refractivity contribution < 1.29 is 57.6 Å². The molecule has 8 nitrogen and oxygen atoms in total. The monoisotopic (exact) mass is 705 g/mol. The van der Waals surface area contributed by atoms with Crippen molar-refractivity contribution in [3.05, 3.63) is 0 Å². The Bertz CT molecular complexity index is 315. The molecule has 0 heterocycles. The normalized spacial score (nSPS) is 11.2. The Morgan fingerprint density at radius 3 is 0.186 bits per heavy atom. The molecule has 0 rings (SSSR count). The van der Waals surface area contributed by atoms with Gasteiger partial charge in [-0.1, -0.05) is 0 Å². The van der Waals surface area contributed by atoms with Gasteiger partial charge in [0.15, 0.2) is 0 Å². The van der Waals surface area contributed by atoms with E-state index in [0.717, 1.165) is 0 Å². The summed E-state index contributed by atoms with van der Waals surface area (Å²) in [6.45, 7) is 41.8. The molecule has 0 aliphatic heterocycles. The third kappa shape index (κ3) is 47000. The molecular weight excluding hydrogens is 625 g/mol. The van der Waals surface area contributed by atoms with Gasteiger partial charge >= 0.3 is 0 Å². The third-order valence-electron chi connectivity index (χ3n) is 0. The van der Waals surface area contributed by atoms with Gasteiger partial charge in [0, 0.05) is 51.5 Å². The molecule has 0 aliphatic carbocycles. The van der Waals surface area contributed by atoms with Crippen LogP contribution in [0.1, 0.15) is 166 Å². The molecule has 43 heavy (non-hydrogen) atoms. The molecule has 0 aromatic heterocycles. The Labute approximate surface area is 302 Å². The van der Waals surface area contributed by atoms with Gasteiger partial charge in [0.25, 0.3) is 0 Å². The maximum atomic E-state index is 8.52. The van der Waals surface area contributed by atoms with Gasteiger partial charge in [0.2, 0.25) is 0 Å². The summed E-state index contributed by atoms with van der Waals surface area (Å²) in [6.07, 6.45) is 0. The average molecular weight is 706 g/mol. The van der Waals surface area contributed by atoms with Gasteiger partial charge in [-0.25, -0.2) is 0 Å². The van der Waals surface area contributed by atoms with E-state index >= 15 is 0 Å². The van der Waals surface area contributed by atoms with Crippen LogP contribution < -0.4 is 0 Å². The fourth-order valence-corrected chi connectivity index (χ4v) is 0. The van der Waals surface area contributed by atoms with Crippen molar-refractivity contribution >= 4 is 34.7 Å². The maximum Gasteiger partial charge on any atom is 0.0563 e. The van der Waals surface area contributed by atoms with Crippen LogP contribution in [0.2, 0.25) is 0 Å². The Morgan fingerprint density at radius 1 is 0.186 bits per heavy atom. The molecule has 0 aliphatic rings. The summed E-state index contributed by atoms with van der Waals surface area (Å²) in [4.78, 5) is 0. The van der Waals surface area contributed by atoms with E-state index in [9.17, 15) is 0 Å². The van der Waals surface area contributed by atoms with Crippen LogP contribution in [0.15, 0.2) is 0 Å². The molecule has 8 N–H and O–H groups in total. The van der Waals surface area contributed by atoms with Gasteiger partial charge in [-0.2, -0.15) is 0 Å². The van der Waals surface area contributed by atoms with Crippen LogP contribution in [-0.2, 0) is 16.8 Å². The first-order valence-corrected chi connectivity index (χ1v) is 13.8. The van der Waals surface area contributed by atoms with Gasteiger partial charge in [0.1, 0.15) is 0 Å². The maximum absolute atomic E-state index is 8.52. The van der Waals surface area contributed by atoms with Crippen molar-refractivity contribution in [2.24, 2.45) is 0 Å². The molecule has 271 valence electrons. The van der Waals surface area contributed by atoms with E-state index in [1.807, 2.05) is 0 Å². The zero-order valence-electron chi connectivity index (χ0n) is 33.1. The minimum atomic E-state index is -0.500. The van der Waals surface area contributed by atoms with Crippen LogP contribution in [0.4, 0.5) is 0 Å². The standard InChI is InChI=1S/8C4H10O.2Al.Co/c8*1-4(2,3)5;;;/h8*5H,1-3H3;;;. The molecule has 0 amide bonds. The van der Waals surface area contributed by atoms with E-state index in [4.69, 9.17) is 40.9 Å². The summed E-state index contributed by atoms with van der Waals surface area (Å²) in [6, 6.07) is 0. The van der Waals surface area contributed by atoms with Crippen molar-refractivity contribution in [1.82, 2.24) is 0 Å². The van der Waals surface area contributed by atoms with Crippen molar-refractivity contribution in [3.8, 4) is 0 Å². The van der Waals surface area contributed by atoms with Crippen molar-refractivity contribution in [1.29, 1.82) is 0 Å². The van der Waals surface area contributed by atoms with E-state index < -0.39 is 44.8 Å². The van der Waals surface area contributed by atoms with Crippen molar-refractivity contribution in [3.63, 3.8) is 0 Å². The van der Waals surface area contributed by atoms with E-state index in [1.54, 1.807) is 166 Å². The second-order valence-corrected chi connectivity index (χ2v) is 17.4. The van der Waals surface area contributed by atoms with Crippen molar-refractivity contribution in [2.75, 3.05) is 0 Å². The Hall–Kier alpha value is 1.25. The van der Waals surface area contributed by atoms with Crippen LogP contribution >= 0.6 is 0 Å². The second-order valence-electron chi connectivity index (χ2n) is 17.4. The first kappa shape index (κ1) is 74.9. The molecule has 11 heteroatoms. The fraction of sp³-hybridized carbons (Fsp3) is 1.00. The predicted molar refractivity (Wildman–Crippen MR) is 187 cm³/mol. The summed E-state index contributed by atoms with van der Waals surface area (Å²) in [5, 5.41) is 68.2. The molecule has 0 aromatic rings. The minimum Gasteiger partial charge on any atom is -0.391 e. The number of hydrogen-bond donors (Lipinski definition) is 8. The summed E-state index contributed by atoms with van der Waals surface area (Å²) in [5.74, 6) is 0. The smallest absolute Gasteiger partial charge is 0.0563 e. The van der Waals surface area contributed by atoms with Crippen LogP contribution in [0.5, 0.6) is 0 Å². The fourth-order valence-electron chi connectivity index (χ4n) is 0. The molecule has 0 spiro atoms. The van der Waals surface area contributed by atoms with Crippen LogP contribution in [0.3, 0.4) is 0 Å². The molecule has 0 fully saturated rings. The SMILES string of the molecule is CC(C)(C)O.CC(C)(C)O.CC(C)(C)O.CC(C)(C)O.CC(C)(C)O.CC(C)(C)O.CC(C)(C)O.CC(C)(C)O.[Al].[Al].[Co]. The van der Waals surface area contributed by atoms with E-state index in [-0.39, 0.29) is 51.5 Å². The molecule has 0 atom stereocenters. The van der Waals surface area contributed by atoms with Gasteiger partial charge < -0.3 is 40.9 Å². The average Bonchev–Trinajstić information content (AvgIpc) is 2.16. The topological polar surface area (TPSA) is 162 Å². The largest absolute Gasteiger partial charge is 0.391 e. The summed E-state index contributed by atoms with van der Waals surface area (Å²) in [5.41, 5.74) is -4.00. The van der Waals surface area contributed by atoms with Gasteiger partial charge in [-0.3, -0.25) is 0 Å². The number of hydrogen-bond acceptors (Lipinski definition) is 8. The van der Waals surface area contributed by atoms with Crippen LogP contribution in [0, 0.1) is 0 Å². The predicted octanol–water partition coefficient (Wildman–Crippen LogP) is 5.45.